The maximum atomic E-state index is 10.5. The van der Waals surface area contributed by atoms with Crippen molar-refractivity contribution < 1.29 is 23.7 Å². The van der Waals surface area contributed by atoms with Gasteiger partial charge in [-0.25, -0.2) is 0 Å². The Bertz CT molecular complexity index is 1180. The van der Waals surface area contributed by atoms with Gasteiger partial charge in [-0.1, -0.05) is 126 Å². The third kappa shape index (κ3) is 5.58. The summed E-state index contributed by atoms with van der Waals surface area (Å²) in [5.41, 5.74) is 1.13. The Morgan fingerprint density at radius 3 is 1.93 bits per heavy atom. The van der Waals surface area contributed by atoms with Crippen LogP contribution in [0, 0.1) is 11.8 Å². The second kappa shape index (κ2) is 11.9. The molecule has 0 saturated carbocycles. The zero-order chi connectivity index (χ0) is 28.4. The number of hydrogen-bond acceptors (Lipinski definition) is 5. The molecule has 1 spiro atoms. The second-order valence-corrected chi connectivity index (χ2v) is 16.8. The molecule has 0 radical (unpaired) electrons. The normalized spacial score (nSPS) is 29.1. The highest BCUT2D eigenvalue weighted by Crippen LogP contribution is 2.46. The van der Waals surface area contributed by atoms with E-state index in [1.54, 1.807) is 0 Å². The Kier molecular flexibility index (Phi) is 8.67. The molecule has 3 aromatic carbocycles. The molecule has 0 unspecified atom stereocenters. The lowest BCUT2D eigenvalue weighted by molar-refractivity contribution is -0.328. The molecule has 5 rings (SSSR count). The fraction of sp³-hybridized carbons (Fsp3) is 0.471. The number of rotatable bonds is 8. The highest BCUT2D eigenvalue weighted by molar-refractivity contribution is 6.99. The minimum Gasteiger partial charge on any atom is -0.405 e. The zero-order valence-electron chi connectivity index (χ0n) is 24.5. The van der Waals surface area contributed by atoms with Gasteiger partial charge in [-0.2, -0.15) is 0 Å². The van der Waals surface area contributed by atoms with Crippen molar-refractivity contribution in [3.05, 3.63) is 96.6 Å². The second-order valence-electron chi connectivity index (χ2n) is 12.5. The van der Waals surface area contributed by atoms with Gasteiger partial charge >= 0.3 is 0 Å². The molecule has 2 fully saturated rings. The van der Waals surface area contributed by atoms with E-state index in [-0.39, 0.29) is 35.7 Å². The summed E-state index contributed by atoms with van der Waals surface area (Å²) in [6.45, 7) is 12.4. The Hall–Kier alpha value is -2.32. The molecule has 6 atom stereocenters. The quantitative estimate of drug-likeness (QED) is 0.379. The SMILES string of the molecule is C[C@@H]1[C@@H](OCc2ccccc2)[C@@H](CO[Si](c2ccccc2)(c2ccccc2)C(C)(C)C)O[C@]2(C[C@H](O)CO2)[C@H]1C. The average Bonchev–Trinajstić information content (AvgIpc) is 3.33. The fourth-order valence-corrected chi connectivity index (χ4v) is 11.2. The van der Waals surface area contributed by atoms with Crippen molar-refractivity contribution in [2.75, 3.05) is 13.2 Å². The van der Waals surface area contributed by atoms with Crippen molar-refractivity contribution in [1.82, 2.24) is 0 Å². The first kappa shape index (κ1) is 29.2. The largest absolute Gasteiger partial charge is 0.405 e. The van der Waals surface area contributed by atoms with E-state index in [2.05, 4.69) is 107 Å². The average molecular weight is 561 g/mol. The highest BCUT2D eigenvalue weighted by atomic mass is 28.4. The summed E-state index contributed by atoms with van der Waals surface area (Å²) in [6, 6.07) is 31.6. The van der Waals surface area contributed by atoms with Crippen LogP contribution in [0.5, 0.6) is 0 Å². The Morgan fingerprint density at radius 1 is 0.875 bits per heavy atom. The minimum atomic E-state index is -2.78. The van der Waals surface area contributed by atoms with Crippen LogP contribution in [0.2, 0.25) is 5.04 Å². The maximum Gasteiger partial charge on any atom is 0.261 e. The van der Waals surface area contributed by atoms with Crippen molar-refractivity contribution in [1.29, 1.82) is 0 Å². The predicted molar refractivity (Wildman–Crippen MR) is 161 cm³/mol. The van der Waals surface area contributed by atoms with Gasteiger partial charge in [-0.05, 0) is 26.9 Å². The molecule has 1 N–H and O–H groups in total. The molecule has 0 aliphatic carbocycles. The molecule has 5 nitrogen and oxygen atoms in total. The summed E-state index contributed by atoms with van der Waals surface area (Å²) >= 11 is 0. The summed E-state index contributed by atoms with van der Waals surface area (Å²) in [7, 11) is -2.78. The predicted octanol–water partition coefficient (Wildman–Crippen LogP) is 5.30. The molecular weight excluding hydrogens is 516 g/mol. The summed E-state index contributed by atoms with van der Waals surface area (Å²) < 4.78 is 27.0. The molecule has 2 saturated heterocycles. The highest BCUT2D eigenvalue weighted by Gasteiger charge is 2.57. The molecule has 2 aliphatic rings. The van der Waals surface area contributed by atoms with Crippen molar-refractivity contribution in [3.8, 4) is 0 Å². The van der Waals surface area contributed by atoms with E-state index in [1.165, 1.54) is 10.4 Å². The van der Waals surface area contributed by atoms with Crippen LogP contribution in [0.4, 0.5) is 0 Å². The Balaban J connectivity index is 1.51. The summed E-state index contributed by atoms with van der Waals surface area (Å²) in [5.74, 6) is -0.657. The van der Waals surface area contributed by atoms with Crippen LogP contribution in [0.25, 0.3) is 0 Å². The monoisotopic (exact) mass is 560 g/mol. The number of ether oxygens (including phenoxy) is 3. The summed E-state index contributed by atoms with van der Waals surface area (Å²) in [6.07, 6.45) is -0.628. The van der Waals surface area contributed by atoms with Gasteiger partial charge in [-0.15, -0.1) is 0 Å². The van der Waals surface area contributed by atoms with Crippen LogP contribution in [-0.4, -0.2) is 50.7 Å². The molecule has 0 aromatic heterocycles. The van der Waals surface area contributed by atoms with Crippen LogP contribution in [0.1, 0.15) is 46.6 Å². The van der Waals surface area contributed by atoms with Gasteiger partial charge in [0, 0.05) is 12.3 Å². The summed E-state index contributed by atoms with van der Waals surface area (Å²) in [5, 5.41) is 12.8. The van der Waals surface area contributed by atoms with Gasteiger partial charge in [0.2, 0.25) is 0 Å². The van der Waals surface area contributed by atoms with E-state index in [0.29, 0.717) is 19.6 Å². The van der Waals surface area contributed by atoms with Gasteiger partial charge in [-0.3, -0.25) is 0 Å². The smallest absolute Gasteiger partial charge is 0.261 e. The van der Waals surface area contributed by atoms with E-state index in [0.717, 1.165) is 5.56 Å². The topological polar surface area (TPSA) is 57.2 Å². The van der Waals surface area contributed by atoms with Crippen molar-refractivity contribution in [2.45, 2.75) is 76.8 Å². The van der Waals surface area contributed by atoms with E-state index < -0.39 is 20.2 Å². The molecule has 2 heterocycles. The Morgan fingerprint density at radius 2 is 1.43 bits per heavy atom. The number of aliphatic hydroxyl groups is 1. The first-order chi connectivity index (χ1) is 19.2. The lowest BCUT2D eigenvalue weighted by Crippen LogP contribution is -2.68. The third-order valence-electron chi connectivity index (χ3n) is 8.92. The van der Waals surface area contributed by atoms with E-state index in [9.17, 15) is 5.11 Å². The van der Waals surface area contributed by atoms with Gasteiger partial charge in [0.05, 0.1) is 32.0 Å². The van der Waals surface area contributed by atoms with Crippen LogP contribution in [0.3, 0.4) is 0 Å². The van der Waals surface area contributed by atoms with E-state index in [4.69, 9.17) is 18.6 Å². The minimum absolute atomic E-state index is 0.0505. The molecule has 40 heavy (non-hydrogen) atoms. The molecule has 0 bridgehead atoms. The summed E-state index contributed by atoms with van der Waals surface area (Å²) in [4.78, 5) is 0. The van der Waals surface area contributed by atoms with Crippen molar-refractivity contribution in [3.63, 3.8) is 0 Å². The first-order valence-corrected chi connectivity index (χ1v) is 16.5. The lowest BCUT2D eigenvalue weighted by Gasteiger charge is -2.51. The van der Waals surface area contributed by atoms with Crippen LogP contribution < -0.4 is 10.4 Å². The molecule has 214 valence electrons. The standard InChI is InChI=1S/C34H44O5Si/c1-25-26(2)34(21-28(35)23-37-34)39-31(32(25)36-22-27-15-9-6-10-16-27)24-38-40(33(3,4)5,29-17-11-7-12-18-29)30-19-13-8-14-20-30/h6-20,25-26,28,31-32,35H,21-24H2,1-5H3/t25-,26-,28-,31+,32+,34+/m0/s1. The van der Waals surface area contributed by atoms with Crippen molar-refractivity contribution in [2.24, 2.45) is 11.8 Å². The van der Waals surface area contributed by atoms with Gasteiger partial charge < -0.3 is 23.7 Å². The van der Waals surface area contributed by atoms with Crippen LogP contribution in [0.15, 0.2) is 91.0 Å². The molecule has 6 heteroatoms. The molecule has 3 aromatic rings. The van der Waals surface area contributed by atoms with Gasteiger partial charge in [0.15, 0.2) is 5.79 Å². The fourth-order valence-electron chi connectivity index (χ4n) is 6.66. The third-order valence-corrected chi connectivity index (χ3v) is 13.9. The maximum absolute atomic E-state index is 10.5. The van der Waals surface area contributed by atoms with Gasteiger partial charge in [0.25, 0.3) is 8.32 Å². The van der Waals surface area contributed by atoms with Gasteiger partial charge in [0.1, 0.15) is 6.10 Å². The molecule has 0 amide bonds. The number of aliphatic hydroxyl groups excluding tert-OH is 1. The van der Waals surface area contributed by atoms with Crippen LogP contribution >= 0.6 is 0 Å². The molecule has 2 aliphatic heterocycles. The number of benzene rings is 3. The molecular formula is C34H44O5Si. The van der Waals surface area contributed by atoms with Crippen LogP contribution in [-0.2, 0) is 25.2 Å². The van der Waals surface area contributed by atoms with E-state index in [1.807, 2.05) is 18.2 Å². The zero-order valence-corrected chi connectivity index (χ0v) is 25.5. The number of hydrogen-bond donors (Lipinski definition) is 1. The lowest BCUT2D eigenvalue weighted by atomic mass is 9.78. The Labute approximate surface area is 240 Å². The van der Waals surface area contributed by atoms with Crippen molar-refractivity contribution >= 4 is 18.7 Å². The van der Waals surface area contributed by atoms with E-state index >= 15 is 0 Å². The first-order valence-electron chi connectivity index (χ1n) is 14.6.